The number of halogens is 2. The van der Waals surface area contributed by atoms with Crippen LogP contribution in [0.25, 0.3) is 0 Å². The molecule has 0 heterocycles. The van der Waals surface area contributed by atoms with Crippen molar-refractivity contribution < 1.29 is 0 Å². The number of rotatable bonds is 4. The van der Waals surface area contributed by atoms with Crippen molar-refractivity contribution in [3.8, 4) is 0 Å². The molecule has 2 nitrogen and oxygen atoms in total. The summed E-state index contributed by atoms with van der Waals surface area (Å²) in [5.41, 5.74) is 8.78. The van der Waals surface area contributed by atoms with Crippen LogP contribution in [0.15, 0.2) is 46.9 Å². The van der Waals surface area contributed by atoms with E-state index in [1.54, 1.807) is 0 Å². The lowest BCUT2D eigenvalue weighted by molar-refractivity contribution is 0.921. The Hall–Kier alpha value is -1.10. The van der Waals surface area contributed by atoms with E-state index in [2.05, 4.69) is 20.8 Å². The molecule has 0 aliphatic heterocycles. The normalized spacial score (nSPS) is 10.3. The third-order valence-electron chi connectivity index (χ3n) is 2.95. The Balaban J connectivity index is 2.31. The van der Waals surface area contributed by atoms with Gasteiger partial charge in [0.1, 0.15) is 4.99 Å². The molecule has 2 N–H and O–H groups in total. The molecule has 2 rings (SSSR count). The van der Waals surface area contributed by atoms with Gasteiger partial charge in [-0.15, -0.1) is 0 Å². The maximum absolute atomic E-state index is 6.01. The van der Waals surface area contributed by atoms with Crippen LogP contribution < -0.4 is 10.6 Å². The summed E-state index contributed by atoms with van der Waals surface area (Å²) in [6.07, 6.45) is 0. The molecule has 0 fully saturated rings. The van der Waals surface area contributed by atoms with Gasteiger partial charge in [0, 0.05) is 34.3 Å². The predicted molar refractivity (Wildman–Crippen MR) is 93.6 cm³/mol. The molecule has 0 radical (unpaired) electrons. The molecule has 5 heteroatoms. The number of nitrogens with zero attached hydrogens (tertiary/aromatic N) is 1. The van der Waals surface area contributed by atoms with Crippen molar-refractivity contribution in [2.24, 2.45) is 5.73 Å². The number of hydrogen-bond donors (Lipinski definition) is 1. The van der Waals surface area contributed by atoms with E-state index in [9.17, 15) is 0 Å². The van der Waals surface area contributed by atoms with Crippen LogP contribution in [-0.4, -0.2) is 12.0 Å². The third-order valence-corrected chi connectivity index (χ3v) is 3.89. The summed E-state index contributed by atoms with van der Waals surface area (Å²) in [5, 5.41) is 0.736. The number of nitrogens with two attached hydrogens (primary N) is 1. The first-order valence-corrected chi connectivity index (χ1v) is 7.60. The zero-order chi connectivity index (χ0) is 14.7. The monoisotopic (exact) mass is 368 g/mol. The van der Waals surface area contributed by atoms with Crippen molar-refractivity contribution in [2.75, 3.05) is 11.9 Å². The maximum Gasteiger partial charge on any atom is 0.106 e. The van der Waals surface area contributed by atoms with Crippen molar-refractivity contribution in [1.82, 2.24) is 0 Å². The first kappa shape index (κ1) is 15.3. The summed E-state index contributed by atoms with van der Waals surface area (Å²) in [7, 11) is 2.00. The number of thiocarbonyl (C=S) groups is 1. The van der Waals surface area contributed by atoms with E-state index >= 15 is 0 Å². The lowest BCUT2D eigenvalue weighted by Crippen LogP contribution is -2.21. The zero-order valence-electron chi connectivity index (χ0n) is 10.9. The van der Waals surface area contributed by atoms with E-state index in [1.807, 2.05) is 49.5 Å². The van der Waals surface area contributed by atoms with E-state index < -0.39 is 0 Å². The van der Waals surface area contributed by atoms with E-state index in [0.29, 0.717) is 4.99 Å². The Morgan fingerprint density at radius 3 is 2.70 bits per heavy atom. The van der Waals surface area contributed by atoms with Crippen LogP contribution in [-0.2, 0) is 6.54 Å². The van der Waals surface area contributed by atoms with Crippen molar-refractivity contribution >= 4 is 50.4 Å². The number of anilines is 1. The molecule has 0 bridgehead atoms. The molecule has 0 aliphatic rings. The van der Waals surface area contributed by atoms with Gasteiger partial charge in [-0.25, -0.2) is 0 Å². The standard InChI is InChI=1S/C15H14BrClN2S/c1-19(9-10-3-2-4-12(17)7-10)14-8-11(16)5-6-13(14)15(18)20/h2-8H,9H2,1H3,(H2,18,20). The zero-order valence-corrected chi connectivity index (χ0v) is 14.1. The van der Waals surface area contributed by atoms with Crippen LogP contribution in [0.2, 0.25) is 5.02 Å². The Morgan fingerprint density at radius 2 is 2.05 bits per heavy atom. The van der Waals surface area contributed by atoms with E-state index in [1.165, 1.54) is 0 Å². The van der Waals surface area contributed by atoms with Gasteiger partial charge in [-0.1, -0.05) is 51.9 Å². The van der Waals surface area contributed by atoms with Crippen LogP contribution in [0.5, 0.6) is 0 Å². The van der Waals surface area contributed by atoms with Gasteiger partial charge >= 0.3 is 0 Å². The molecule has 0 atom stereocenters. The van der Waals surface area contributed by atoms with Gasteiger partial charge in [0.15, 0.2) is 0 Å². The van der Waals surface area contributed by atoms with E-state index in [0.717, 1.165) is 32.9 Å². The first-order valence-electron chi connectivity index (χ1n) is 6.02. The minimum atomic E-state index is 0.394. The summed E-state index contributed by atoms with van der Waals surface area (Å²) in [6, 6.07) is 13.7. The van der Waals surface area contributed by atoms with Crippen molar-refractivity contribution in [3.63, 3.8) is 0 Å². The van der Waals surface area contributed by atoms with Crippen molar-refractivity contribution in [3.05, 3.63) is 63.1 Å². The third kappa shape index (κ3) is 3.72. The lowest BCUT2D eigenvalue weighted by atomic mass is 10.1. The Labute approximate surface area is 137 Å². The van der Waals surface area contributed by atoms with Gasteiger partial charge in [-0.2, -0.15) is 0 Å². The molecule has 2 aromatic carbocycles. The minimum absolute atomic E-state index is 0.394. The molecule has 0 unspecified atom stereocenters. The molecule has 104 valence electrons. The Bertz CT molecular complexity index is 646. The van der Waals surface area contributed by atoms with E-state index in [-0.39, 0.29) is 0 Å². The fraction of sp³-hybridized carbons (Fsp3) is 0.133. The fourth-order valence-electron chi connectivity index (χ4n) is 2.02. The van der Waals surface area contributed by atoms with Gasteiger partial charge in [0.25, 0.3) is 0 Å². The molecule has 0 aromatic heterocycles. The summed E-state index contributed by atoms with van der Waals surface area (Å²) >= 11 is 14.6. The first-order chi connectivity index (χ1) is 9.47. The Morgan fingerprint density at radius 1 is 1.30 bits per heavy atom. The highest BCUT2D eigenvalue weighted by molar-refractivity contribution is 9.10. The molecule has 2 aromatic rings. The molecule has 20 heavy (non-hydrogen) atoms. The number of hydrogen-bond acceptors (Lipinski definition) is 2. The lowest BCUT2D eigenvalue weighted by Gasteiger charge is -2.22. The van der Waals surface area contributed by atoms with Crippen LogP contribution in [0.1, 0.15) is 11.1 Å². The van der Waals surface area contributed by atoms with Crippen LogP contribution in [0.3, 0.4) is 0 Å². The predicted octanol–water partition coefficient (Wildman–Crippen LogP) is 4.37. The molecule has 0 amide bonds. The van der Waals surface area contributed by atoms with Gasteiger partial charge in [0.2, 0.25) is 0 Å². The van der Waals surface area contributed by atoms with E-state index in [4.69, 9.17) is 29.6 Å². The molecule has 0 saturated carbocycles. The molecule has 0 aliphatic carbocycles. The van der Waals surface area contributed by atoms with Crippen molar-refractivity contribution in [1.29, 1.82) is 0 Å². The van der Waals surface area contributed by atoms with Crippen molar-refractivity contribution in [2.45, 2.75) is 6.54 Å². The summed E-state index contributed by atoms with van der Waals surface area (Å²) < 4.78 is 0.991. The van der Waals surface area contributed by atoms with Gasteiger partial charge < -0.3 is 10.6 Å². The average molecular weight is 370 g/mol. The highest BCUT2D eigenvalue weighted by Gasteiger charge is 2.11. The molecular formula is C15H14BrClN2S. The molecule has 0 saturated heterocycles. The SMILES string of the molecule is CN(Cc1cccc(Cl)c1)c1cc(Br)ccc1C(N)=S. The molecule has 0 spiro atoms. The van der Waals surface area contributed by atoms with Crippen LogP contribution in [0.4, 0.5) is 5.69 Å². The highest BCUT2D eigenvalue weighted by Crippen LogP contribution is 2.26. The topological polar surface area (TPSA) is 29.3 Å². The summed E-state index contributed by atoms with van der Waals surface area (Å²) in [5.74, 6) is 0. The average Bonchev–Trinajstić information content (AvgIpc) is 2.38. The van der Waals surface area contributed by atoms with Crippen LogP contribution in [0, 0.1) is 0 Å². The van der Waals surface area contributed by atoms with Crippen LogP contribution >= 0.6 is 39.7 Å². The fourth-order valence-corrected chi connectivity index (χ4v) is 2.76. The maximum atomic E-state index is 6.01. The largest absolute Gasteiger partial charge is 0.389 e. The van der Waals surface area contributed by atoms with Gasteiger partial charge in [-0.3, -0.25) is 0 Å². The smallest absolute Gasteiger partial charge is 0.106 e. The number of benzene rings is 2. The second-order valence-corrected chi connectivity index (χ2v) is 6.30. The minimum Gasteiger partial charge on any atom is -0.389 e. The molecular weight excluding hydrogens is 356 g/mol. The summed E-state index contributed by atoms with van der Waals surface area (Å²) in [6.45, 7) is 0.729. The van der Waals surface area contributed by atoms with Gasteiger partial charge in [0.05, 0.1) is 0 Å². The second-order valence-electron chi connectivity index (χ2n) is 4.51. The second kappa shape index (κ2) is 6.57. The summed E-state index contributed by atoms with van der Waals surface area (Å²) in [4.78, 5) is 2.50. The van der Waals surface area contributed by atoms with Gasteiger partial charge in [-0.05, 0) is 35.9 Å². The quantitative estimate of drug-likeness (QED) is 0.811. The Kier molecular flexibility index (Phi) is 5.02. The highest BCUT2D eigenvalue weighted by atomic mass is 79.9.